The molecule has 8 heteroatoms. The molecule has 6 rings (SSSR count). The molecule has 8 nitrogen and oxygen atoms in total. The predicted octanol–water partition coefficient (Wildman–Crippen LogP) is 13.9. The summed E-state index contributed by atoms with van der Waals surface area (Å²) in [6.07, 6.45) is 18.7. The van der Waals surface area contributed by atoms with E-state index in [1.165, 1.54) is 64.2 Å². The van der Waals surface area contributed by atoms with Gasteiger partial charge in [0.1, 0.15) is 24.4 Å². The zero-order valence-corrected chi connectivity index (χ0v) is 41.3. The van der Waals surface area contributed by atoms with Gasteiger partial charge in [-0.05, 0) is 143 Å². The second kappa shape index (κ2) is 22.4. The number of allylic oxidation sites excluding steroid dienone is 1. The van der Waals surface area contributed by atoms with Crippen molar-refractivity contribution in [3.8, 4) is 0 Å². The Bertz CT molecular complexity index is 1570. The van der Waals surface area contributed by atoms with Gasteiger partial charge in [-0.15, -0.1) is 6.58 Å². The van der Waals surface area contributed by atoms with Gasteiger partial charge < -0.3 is 9.47 Å². The number of hydrogen-bond donors (Lipinski definition) is 0. The maximum Gasteiger partial charge on any atom is 0.306 e. The highest BCUT2D eigenvalue weighted by atomic mass is 16.7. The van der Waals surface area contributed by atoms with Crippen LogP contribution in [0.15, 0.2) is 73.3 Å². The Labute approximate surface area is 383 Å². The van der Waals surface area contributed by atoms with Crippen LogP contribution in [-0.4, -0.2) is 56.4 Å². The Morgan fingerprint density at radius 3 is 1.29 bits per heavy atom. The van der Waals surface area contributed by atoms with Gasteiger partial charge in [0, 0.05) is 47.8 Å². The van der Waals surface area contributed by atoms with E-state index < -0.39 is 0 Å². The lowest BCUT2D eigenvalue weighted by Gasteiger charge is -2.54. The lowest BCUT2D eigenvalue weighted by atomic mass is 9.69. The third kappa shape index (κ3) is 14.5. The van der Waals surface area contributed by atoms with E-state index in [-0.39, 0.29) is 71.4 Å². The Morgan fingerprint density at radius 1 is 0.603 bits per heavy atom. The maximum absolute atomic E-state index is 12.9. The zero-order chi connectivity index (χ0) is 46.0. The maximum atomic E-state index is 12.9. The number of esters is 2. The molecule has 2 unspecified atom stereocenters. The van der Waals surface area contributed by atoms with E-state index in [2.05, 4.69) is 123 Å². The molecular weight excluding hydrogens is 785 g/mol. The van der Waals surface area contributed by atoms with Gasteiger partial charge in [0.25, 0.3) is 0 Å². The van der Waals surface area contributed by atoms with Crippen molar-refractivity contribution in [2.45, 2.75) is 225 Å². The first-order chi connectivity index (χ1) is 29.7. The highest BCUT2D eigenvalue weighted by molar-refractivity contribution is 5.77. The monoisotopic (exact) mass is 871 g/mol. The fourth-order valence-electron chi connectivity index (χ4n) is 11.9. The van der Waals surface area contributed by atoms with E-state index in [0.717, 1.165) is 34.8 Å². The number of carbonyl (C=O) groups is 2. The lowest BCUT2D eigenvalue weighted by molar-refractivity contribution is -0.314. The third-order valence-electron chi connectivity index (χ3n) is 14.7. The second-order valence-electron chi connectivity index (χ2n) is 22.2. The van der Waals surface area contributed by atoms with Gasteiger partial charge in [-0.1, -0.05) is 99.3 Å². The number of nitrogens with zero attached hydrogens (tertiary/aromatic N) is 2. The molecule has 0 radical (unpaired) electrons. The van der Waals surface area contributed by atoms with Crippen molar-refractivity contribution in [2.24, 2.45) is 23.7 Å². The lowest BCUT2D eigenvalue weighted by Crippen LogP contribution is -2.62. The SMILES string of the molecule is C=CC1CCC(C2CCC(CCC)CC2)CC1.CC(ON1C(C)(C)CC(OC(=O)CCC(=O)OC2CC(C)(C)N(OC(C)c3ccccc3)C(C)(C)C2)CC1(C)C)c1ccccc1. The van der Waals surface area contributed by atoms with Gasteiger partial charge in [-0.3, -0.25) is 19.3 Å². The predicted molar refractivity (Wildman–Crippen MR) is 255 cm³/mol. The summed E-state index contributed by atoms with van der Waals surface area (Å²) < 4.78 is 11.9. The Balaban J connectivity index is 0.000000366. The smallest absolute Gasteiger partial charge is 0.306 e. The molecule has 0 bridgehead atoms. The molecule has 2 saturated carbocycles. The van der Waals surface area contributed by atoms with Crippen LogP contribution in [0, 0.1) is 23.7 Å². The molecule has 0 N–H and O–H groups in total. The number of hydroxylamine groups is 4. The standard InChI is InChI=1S/C38H56N2O6.C17H30/c1-27(29-17-13-11-14-18-29)45-39-35(3,4)23-31(24-36(39,5)6)43-33(41)21-22-34(42)44-32-25-37(7,8)40(38(9,10)26-32)46-28(2)30-19-15-12-16-20-30;1-3-5-15-8-12-17(13-9-15)16-10-6-14(4-2)7-11-16/h11-20,27-28,31-32H,21-26H2,1-10H3;4,14-17H,2-3,5-13H2,1H3. The average Bonchev–Trinajstić information content (AvgIpc) is 3.23. The van der Waals surface area contributed by atoms with Crippen LogP contribution < -0.4 is 0 Å². The van der Waals surface area contributed by atoms with Crippen molar-refractivity contribution in [2.75, 3.05) is 0 Å². The number of carbonyl (C=O) groups excluding carboxylic acids is 2. The minimum atomic E-state index is -0.376. The van der Waals surface area contributed by atoms with E-state index in [0.29, 0.717) is 25.7 Å². The van der Waals surface area contributed by atoms with E-state index in [9.17, 15) is 9.59 Å². The summed E-state index contributed by atoms with van der Waals surface area (Å²) in [7, 11) is 0. The highest BCUT2D eigenvalue weighted by Gasteiger charge is 2.50. The van der Waals surface area contributed by atoms with Crippen molar-refractivity contribution in [3.63, 3.8) is 0 Å². The molecule has 4 aliphatic rings. The van der Waals surface area contributed by atoms with Gasteiger partial charge in [0.2, 0.25) is 0 Å². The largest absolute Gasteiger partial charge is 0.462 e. The molecule has 0 spiro atoms. The molecule has 4 fully saturated rings. The van der Waals surface area contributed by atoms with Crippen LogP contribution in [0.1, 0.15) is 202 Å². The number of piperidine rings is 2. The molecule has 2 atom stereocenters. The van der Waals surface area contributed by atoms with Crippen LogP contribution in [0.25, 0.3) is 0 Å². The molecule has 2 saturated heterocycles. The minimum absolute atomic E-state index is 0.00915. The minimum Gasteiger partial charge on any atom is -0.462 e. The Morgan fingerprint density at radius 2 is 0.952 bits per heavy atom. The third-order valence-corrected chi connectivity index (χ3v) is 14.7. The van der Waals surface area contributed by atoms with Crippen LogP contribution in [0.5, 0.6) is 0 Å². The molecule has 0 aromatic heterocycles. The first-order valence-corrected chi connectivity index (χ1v) is 24.8. The quantitative estimate of drug-likeness (QED) is 0.129. The normalized spacial score (nSPS) is 27.2. The van der Waals surface area contributed by atoms with E-state index in [4.69, 9.17) is 19.1 Å². The molecule has 63 heavy (non-hydrogen) atoms. The molecule has 2 heterocycles. The van der Waals surface area contributed by atoms with Crippen LogP contribution in [-0.2, 0) is 28.7 Å². The topological polar surface area (TPSA) is 77.5 Å². The van der Waals surface area contributed by atoms with Crippen molar-refractivity contribution in [3.05, 3.63) is 84.4 Å². The zero-order valence-electron chi connectivity index (χ0n) is 41.3. The number of rotatable bonds is 15. The molecule has 2 aliphatic heterocycles. The first-order valence-electron chi connectivity index (χ1n) is 24.8. The average molecular weight is 871 g/mol. The van der Waals surface area contributed by atoms with Gasteiger partial charge in [-0.25, -0.2) is 0 Å². The van der Waals surface area contributed by atoms with E-state index in [1.54, 1.807) is 0 Å². The molecule has 2 aromatic rings. The second-order valence-corrected chi connectivity index (χ2v) is 22.2. The molecular formula is C55H86N2O6. The summed E-state index contributed by atoms with van der Waals surface area (Å²) in [6.45, 7) is 27.3. The van der Waals surface area contributed by atoms with Crippen molar-refractivity contribution in [1.82, 2.24) is 10.1 Å². The fourth-order valence-corrected chi connectivity index (χ4v) is 11.9. The number of ether oxygens (including phenoxy) is 2. The molecule has 2 aliphatic carbocycles. The van der Waals surface area contributed by atoms with E-state index >= 15 is 0 Å². The van der Waals surface area contributed by atoms with Crippen molar-refractivity contribution in [1.29, 1.82) is 0 Å². The van der Waals surface area contributed by atoms with Crippen LogP contribution in [0.4, 0.5) is 0 Å². The van der Waals surface area contributed by atoms with Gasteiger partial charge in [-0.2, -0.15) is 10.1 Å². The summed E-state index contributed by atoms with van der Waals surface area (Å²) in [5.74, 6) is 3.30. The first kappa shape index (κ1) is 51.0. The van der Waals surface area contributed by atoms with Crippen molar-refractivity contribution < 1.29 is 28.7 Å². The highest BCUT2D eigenvalue weighted by Crippen LogP contribution is 2.45. The van der Waals surface area contributed by atoms with Crippen LogP contribution >= 0.6 is 0 Å². The summed E-state index contributed by atoms with van der Waals surface area (Å²) in [6, 6.07) is 20.3. The van der Waals surface area contributed by atoms with Gasteiger partial charge in [0.05, 0.1) is 12.8 Å². The number of hydrogen-bond acceptors (Lipinski definition) is 8. The summed E-state index contributed by atoms with van der Waals surface area (Å²) in [4.78, 5) is 38.9. The van der Waals surface area contributed by atoms with Crippen LogP contribution in [0.2, 0.25) is 0 Å². The van der Waals surface area contributed by atoms with E-state index in [1.807, 2.05) is 36.4 Å². The molecule has 2 aromatic carbocycles. The fraction of sp³-hybridized carbons (Fsp3) is 0.709. The van der Waals surface area contributed by atoms with Crippen LogP contribution in [0.3, 0.4) is 0 Å². The molecule has 352 valence electrons. The summed E-state index contributed by atoms with van der Waals surface area (Å²) in [5.41, 5.74) is 0.742. The number of benzene rings is 2. The summed E-state index contributed by atoms with van der Waals surface area (Å²) >= 11 is 0. The Kier molecular flexibility index (Phi) is 18.1. The molecule has 0 amide bonds. The Hall–Kier alpha value is -3.04. The van der Waals surface area contributed by atoms with Crippen molar-refractivity contribution >= 4 is 11.9 Å². The van der Waals surface area contributed by atoms with Gasteiger partial charge >= 0.3 is 11.9 Å². The summed E-state index contributed by atoms with van der Waals surface area (Å²) in [5, 5.41) is 4.14. The van der Waals surface area contributed by atoms with Gasteiger partial charge in [0.15, 0.2) is 0 Å².